The van der Waals surface area contributed by atoms with E-state index in [1.165, 1.54) is 6.07 Å². The van der Waals surface area contributed by atoms with Gasteiger partial charge in [-0.15, -0.1) is 0 Å². The number of nitrogens with two attached hydrogens (primary N) is 1. The molecule has 1 aromatic rings. The summed E-state index contributed by atoms with van der Waals surface area (Å²) < 4.78 is 31.5. The zero-order valence-electron chi connectivity index (χ0n) is 10.2. The molecular formula is C13H18F2N2O. The average Bonchev–Trinajstić information content (AvgIpc) is 2.87. The number of ether oxygens (including phenoxy) is 1. The molecule has 100 valence electrons. The predicted octanol–water partition coefficient (Wildman–Crippen LogP) is 1.73. The van der Waals surface area contributed by atoms with E-state index in [2.05, 4.69) is 5.32 Å². The highest BCUT2D eigenvalue weighted by atomic mass is 19.2. The van der Waals surface area contributed by atoms with Crippen LogP contribution in [0.15, 0.2) is 18.2 Å². The van der Waals surface area contributed by atoms with Gasteiger partial charge in [0.05, 0.1) is 6.10 Å². The quantitative estimate of drug-likeness (QED) is 0.843. The normalized spacial score (nSPS) is 21.2. The van der Waals surface area contributed by atoms with E-state index < -0.39 is 11.6 Å². The summed E-state index contributed by atoms with van der Waals surface area (Å²) in [5, 5.41) is 3.24. The summed E-state index contributed by atoms with van der Waals surface area (Å²) in [7, 11) is 0. The molecule has 1 heterocycles. The molecule has 5 heteroatoms. The van der Waals surface area contributed by atoms with Crippen LogP contribution in [0.3, 0.4) is 0 Å². The number of benzene rings is 1. The standard InChI is InChI=1S/C13H18F2N2O/c14-11-4-3-9(6-12(11)15)13(7-16)17-8-10-2-1-5-18-10/h3-4,6,10,13,17H,1-2,5,7-8,16H2. The fourth-order valence-corrected chi connectivity index (χ4v) is 2.15. The van der Waals surface area contributed by atoms with E-state index in [9.17, 15) is 8.78 Å². The van der Waals surface area contributed by atoms with Crippen LogP contribution >= 0.6 is 0 Å². The molecule has 0 saturated carbocycles. The molecular weight excluding hydrogens is 238 g/mol. The van der Waals surface area contributed by atoms with Crippen LogP contribution < -0.4 is 11.1 Å². The summed E-state index contributed by atoms with van der Waals surface area (Å²) in [4.78, 5) is 0. The SMILES string of the molecule is NCC(NCC1CCCO1)c1ccc(F)c(F)c1. The maximum absolute atomic E-state index is 13.1. The lowest BCUT2D eigenvalue weighted by molar-refractivity contribution is 0.107. The third kappa shape index (κ3) is 3.25. The van der Waals surface area contributed by atoms with E-state index in [-0.39, 0.29) is 12.1 Å². The van der Waals surface area contributed by atoms with E-state index >= 15 is 0 Å². The first-order valence-electron chi connectivity index (χ1n) is 6.20. The van der Waals surface area contributed by atoms with Crippen molar-refractivity contribution in [1.29, 1.82) is 0 Å². The number of hydrogen-bond acceptors (Lipinski definition) is 3. The van der Waals surface area contributed by atoms with Gasteiger partial charge in [-0.25, -0.2) is 8.78 Å². The van der Waals surface area contributed by atoms with Gasteiger partial charge in [-0.05, 0) is 30.5 Å². The molecule has 1 fully saturated rings. The smallest absolute Gasteiger partial charge is 0.159 e. The van der Waals surface area contributed by atoms with Gasteiger partial charge in [0.1, 0.15) is 0 Å². The summed E-state index contributed by atoms with van der Waals surface area (Å²) in [6.45, 7) is 1.81. The van der Waals surface area contributed by atoms with E-state index in [1.807, 2.05) is 0 Å². The molecule has 0 amide bonds. The maximum Gasteiger partial charge on any atom is 0.159 e. The highest BCUT2D eigenvalue weighted by molar-refractivity contribution is 5.21. The second-order valence-electron chi connectivity index (χ2n) is 4.51. The van der Waals surface area contributed by atoms with Crippen LogP contribution in [0.2, 0.25) is 0 Å². The zero-order chi connectivity index (χ0) is 13.0. The Hall–Kier alpha value is -1.04. The molecule has 3 nitrogen and oxygen atoms in total. The van der Waals surface area contributed by atoms with Crippen molar-refractivity contribution in [2.75, 3.05) is 19.7 Å². The second kappa shape index (κ2) is 6.22. The van der Waals surface area contributed by atoms with Crippen molar-refractivity contribution < 1.29 is 13.5 Å². The number of nitrogens with one attached hydrogen (secondary N) is 1. The molecule has 2 atom stereocenters. The molecule has 3 N–H and O–H groups in total. The fraction of sp³-hybridized carbons (Fsp3) is 0.538. The maximum atomic E-state index is 13.1. The minimum absolute atomic E-state index is 0.177. The van der Waals surface area contributed by atoms with Crippen LogP contribution in [-0.2, 0) is 4.74 Å². The van der Waals surface area contributed by atoms with Gasteiger partial charge in [0, 0.05) is 25.7 Å². The summed E-state index contributed by atoms with van der Waals surface area (Å²) in [6.07, 6.45) is 2.30. The Morgan fingerprint density at radius 2 is 2.22 bits per heavy atom. The van der Waals surface area contributed by atoms with Crippen molar-refractivity contribution >= 4 is 0 Å². The third-order valence-corrected chi connectivity index (χ3v) is 3.20. The van der Waals surface area contributed by atoms with Crippen molar-refractivity contribution in [3.8, 4) is 0 Å². The highest BCUT2D eigenvalue weighted by Crippen LogP contribution is 2.17. The first kappa shape index (κ1) is 13.4. The Morgan fingerprint density at radius 3 is 2.83 bits per heavy atom. The Morgan fingerprint density at radius 1 is 1.39 bits per heavy atom. The van der Waals surface area contributed by atoms with Gasteiger partial charge in [-0.1, -0.05) is 6.07 Å². The first-order valence-corrected chi connectivity index (χ1v) is 6.20. The molecule has 0 bridgehead atoms. The van der Waals surface area contributed by atoms with Gasteiger partial charge >= 0.3 is 0 Å². The molecule has 0 aromatic heterocycles. The van der Waals surface area contributed by atoms with E-state index in [1.54, 1.807) is 6.07 Å². The topological polar surface area (TPSA) is 47.3 Å². The van der Waals surface area contributed by atoms with E-state index in [4.69, 9.17) is 10.5 Å². The molecule has 0 spiro atoms. The Bertz CT molecular complexity index is 395. The second-order valence-corrected chi connectivity index (χ2v) is 4.51. The van der Waals surface area contributed by atoms with Crippen molar-refractivity contribution in [2.45, 2.75) is 25.0 Å². The molecule has 2 rings (SSSR count). The van der Waals surface area contributed by atoms with Crippen LogP contribution in [0.1, 0.15) is 24.4 Å². The lowest BCUT2D eigenvalue weighted by Crippen LogP contribution is -2.34. The van der Waals surface area contributed by atoms with Crippen molar-refractivity contribution in [3.63, 3.8) is 0 Å². The van der Waals surface area contributed by atoms with Crippen LogP contribution in [0.25, 0.3) is 0 Å². The minimum atomic E-state index is -0.843. The molecule has 0 aliphatic carbocycles. The Labute approximate surface area is 105 Å². The summed E-state index contributed by atoms with van der Waals surface area (Å²) in [5.41, 5.74) is 6.32. The third-order valence-electron chi connectivity index (χ3n) is 3.20. The van der Waals surface area contributed by atoms with Crippen molar-refractivity contribution in [2.24, 2.45) is 5.73 Å². The van der Waals surface area contributed by atoms with Crippen molar-refractivity contribution in [3.05, 3.63) is 35.4 Å². The Balaban J connectivity index is 1.96. The number of hydrogen-bond donors (Lipinski definition) is 2. The summed E-state index contributed by atoms with van der Waals surface area (Å²) >= 11 is 0. The molecule has 1 saturated heterocycles. The highest BCUT2D eigenvalue weighted by Gasteiger charge is 2.18. The fourth-order valence-electron chi connectivity index (χ4n) is 2.15. The van der Waals surface area contributed by atoms with Crippen LogP contribution in [0, 0.1) is 11.6 Å². The number of halogens is 2. The van der Waals surface area contributed by atoms with Crippen LogP contribution in [0.4, 0.5) is 8.78 Å². The molecule has 1 aromatic carbocycles. The van der Waals surface area contributed by atoms with Gasteiger partial charge in [-0.3, -0.25) is 0 Å². The zero-order valence-corrected chi connectivity index (χ0v) is 10.2. The van der Waals surface area contributed by atoms with Gasteiger partial charge in [0.25, 0.3) is 0 Å². The largest absolute Gasteiger partial charge is 0.377 e. The molecule has 0 radical (unpaired) electrons. The molecule has 1 aliphatic rings. The van der Waals surface area contributed by atoms with Crippen molar-refractivity contribution in [1.82, 2.24) is 5.32 Å². The molecule has 1 aliphatic heterocycles. The summed E-state index contributed by atoms with van der Waals surface area (Å²) in [6, 6.07) is 3.69. The van der Waals surface area contributed by atoms with E-state index in [0.29, 0.717) is 18.7 Å². The average molecular weight is 256 g/mol. The van der Waals surface area contributed by atoms with Crippen LogP contribution in [-0.4, -0.2) is 25.8 Å². The molecule has 18 heavy (non-hydrogen) atoms. The Kier molecular flexibility index (Phi) is 4.63. The lowest BCUT2D eigenvalue weighted by Gasteiger charge is -2.19. The van der Waals surface area contributed by atoms with E-state index in [0.717, 1.165) is 25.5 Å². The predicted molar refractivity (Wildman–Crippen MR) is 65.1 cm³/mol. The molecule has 2 unspecified atom stereocenters. The lowest BCUT2D eigenvalue weighted by atomic mass is 10.1. The van der Waals surface area contributed by atoms with Gasteiger partial charge < -0.3 is 15.8 Å². The van der Waals surface area contributed by atoms with Crippen LogP contribution in [0.5, 0.6) is 0 Å². The monoisotopic (exact) mass is 256 g/mol. The van der Waals surface area contributed by atoms with Gasteiger partial charge in [0.2, 0.25) is 0 Å². The van der Waals surface area contributed by atoms with Gasteiger partial charge in [0.15, 0.2) is 11.6 Å². The summed E-state index contributed by atoms with van der Waals surface area (Å²) in [5.74, 6) is -1.68. The minimum Gasteiger partial charge on any atom is -0.377 e. The number of rotatable bonds is 5. The first-order chi connectivity index (χ1) is 8.70. The van der Waals surface area contributed by atoms with Gasteiger partial charge in [-0.2, -0.15) is 0 Å².